The Bertz CT molecular complexity index is 880. The highest BCUT2D eigenvalue weighted by Gasteiger charge is 2.15. The quantitative estimate of drug-likeness (QED) is 0.397. The van der Waals surface area contributed by atoms with Crippen molar-refractivity contribution in [1.82, 2.24) is 4.98 Å². The average molecular weight is 409 g/mol. The van der Waals surface area contributed by atoms with Gasteiger partial charge in [-0.05, 0) is 37.3 Å². The van der Waals surface area contributed by atoms with Crippen LogP contribution in [0.2, 0.25) is 0 Å². The molecule has 1 aromatic carbocycles. The molecule has 0 saturated heterocycles. The number of hydrogen-bond donors (Lipinski definition) is 2. The highest BCUT2D eigenvalue weighted by Crippen LogP contribution is 2.36. The number of nitrogen functional groups attached to an aromatic ring is 1. The van der Waals surface area contributed by atoms with Crippen molar-refractivity contribution < 1.29 is 4.74 Å². The van der Waals surface area contributed by atoms with E-state index in [9.17, 15) is 0 Å². The maximum absolute atomic E-state index is 6.50. The highest BCUT2D eigenvalue weighted by molar-refractivity contribution is 6.00. The molecule has 1 aromatic heterocycles. The van der Waals surface area contributed by atoms with Gasteiger partial charge in [0.05, 0.1) is 17.8 Å². The Morgan fingerprint density at radius 2 is 2.00 bits per heavy atom. The van der Waals surface area contributed by atoms with Crippen LogP contribution in [0.1, 0.15) is 46.5 Å². The second-order valence-electron chi connectivity index (χ2n) is 7.14. The number of methoxy groups -OCH3 is 1. The van der Waals surface area contributed by atoms with E-state index in [4.69, 9.17) is 20.4 Å². The van der Waals surface area contributed by atoms with Gasteiger partial charge in [0.1, 0.15) is 5.69 Å². The predicted octanol–water partition coefficient (Wildman–Crippen LogP) is 6.30. The zero-order valence-electron chi connectivity index (χ0n) is 18.8. The SMILES string of the molecule is C/C=C(\C=C/COC)CNc1nc2ccccc2c(N)c1N=CC1CCCC1.CC. The minimum absolute atomic E-state index is 0.543. The van der Waals surface area contributed by atoms with E-state index in [0.717, 1.165) is 28.0 Å². The van der Waals surface area contributed by atoms with Crippen molar-refractivity contribution in [2.24, 2.45) is 10.9 Å². The molecule has 0 amide bonds. The molecule has 1 heterocycles. The number of rotatable bonds is 8. The molecule has 1 fully saturated rings. The van der Waals surface area contributed by atoms with Crippen molar-refractivity contribution in [3.05, 3.63) is 48.1 Å². The Hall–Kier alpha value is -2.66. The van der Waals surface area contributed by atoms with Gasteiger partial charge in [0, 0.05) is 25.3 Å². The van der Waals surface area contributed by atoms with Crippen molar-refractivity contribution >= 4 is 34.3 Å². The number of nitrogens with one attached hydrogen (secondary N) is 1. The van der Waals surface area contributed by atoms with Crippen LogP contribution in [0.3, 0.4) is 0 Å². The normalized spacial score (nSPS) is 15.1. The van der Waals surface area contributed by atoms with Crippen LogP contribution in [0.4, 0.5) is 17.2 Å². The first-order valence-electron chi connectivity index (χ1n) is 11.0. The number of hydrogen-bond acceptors (Lipinski definition) is 5. The minimum Gasteiger partial charge on any atom is -0.396 e. The molecule has 5 heteroatoms. The lowest BCUT2D eigenvalue weighted by molar-refractivity contribution is 0.234. The summed E-state index contributed by atoms with van der Waals surface area (Å²) in [4.78, 5) is 9.59. The topological polar surface area (TPSA) is 72.5 Å². The number of pyridine rings is 1. The zero-order valence-corrected chi connectivity index (χ0v) is 18.8. The standard InChI is InChI=1S/C23H30N4O.C2H6/c1-3-17(11-8-14-28-2)15-26-23-22(25-16-18-9-4-5-10-18)21(24)19-12-6-7-13-20(19)27-23;1-2/h3,6-8,11-13,16,18H,4-5,9-10,14-15H2,1-2H3,(H3,24,26,27);1-2H3/b11-8-,17-3+,25-16?;. The van der Waals surface area contributed by atoms with Gasteiger partial charge >= 0.3 is 0 Å². The van der Waals surface area contributed by atoms with Crippen LogP contribution in [0.15, 0.2) is 53.1 Å². The van der Waals surface area contributed by atoms with E-state index in [0.29, 0.717) is 24.8 Å². The Balaban J connectivity index is 0.00000155. The van der Waals surface area contributed by atoms with E-state index in [1.54, 1.807) is 7.11 Å². The van der Waals surface area contributed by atoms with Gasteiger partial charge in [-0.2, -0.15) is 0 Å². The molecule has 162 valence electrons. The van der Waals surface area contributed by atoms with Crippen molar-refractivity contribution in [2.45, 2.75) is 46.5 Å². The minimum atomic E-state index is 0.543. The molecule has 0 bridgehead atoms. The molecule has 2 aromatic rings. The third kappa shape index (κ3) is 6.42. The summed E-state index contributed by atoms with van der Waals surface area (Å²) in [6.45, 7) is 7.26. The Morgan fingerprint density at radius 3 is 2.70 bits per heavy atom. The average Bonchev–Trinajstić information content (AvgIpc) is 3.31. The van der Waals surface area contributed by atoms with Crippen LogP contribution in [0.5, 0.6) is 0 Å². The number of ether oxygens (including phenoxy) is 1. The molecule has 0 aliphatic heterocycles. The summed E-state index contributed by atoms with van der Waals surface area (Å²) in [7, 11) is 1.69. The molecule has 0 spiro atoms. The summed E-state index contributed by atoms with van der Waals surface area (Å²) >= 11 is 0. The van der Waals surface area contributed by atoms with Crippen molar-refractivity contribution in [3.8, 4) is 0 Å². The largest absolute Gasteiger partial charge is 0.396 e. The second-order valence-corrected chi connectivity index (χ2v) is 7.14. The molecular weight excluding hydrogens is 372 g/mol. The summed E-state index contributed by atoms with van der Waals surface area (Å²) in [6.07, 6.45) is 13.2. The van der Waals surface area contributed by atoms with Gasteiger partial charge in [-0.25, -0.2) is 4.98 Å². The Labute approximate surface area is 181 Å². The first kappa shape index (κ1) is 23.6. The van der Waals surface area contributed by atoms with E-state index >= 15 is 0 Å². The number of benzene rings is 1. The maximum atomic E-state index is 6.50. The van der Waals surface area contributed by atoms with Gasteiger partial charge in [0.15, 0.2) is 5.82 Å². The third-order valence-corrected chi connectivity index (χ3v) is 5.15. The molecule has 30 heavy (non-hydrogen) atoms. The van der Waals surface area contributed by atoms with E-state index in [-0.39, 0.29) is 0 Å². The first-order valence-corrected chi connectivity index (χ1v) is 11.0. The number of nitrogens with two attached hydrogens (primary N) is 1. The molecule has 5 nitrogen and oxygen atoms in total. The molecule has 3 rings (SSSR count). The van der Waals surface area contributed by atoms with E-state index < -0.39 is 0 Å². The molecule has 1 saturated carbocycles. The number of allylic oxidation sites excluding steroid dienone is 1. The predicted molar refractivity (Wildman–Crippen MR) is 131 cm³/mol. The third-order valence-electron chi connectivity index (χ3n) is 5.15. The van der Waals surface area contributed by atoms with Gasteiger partial charge in [-0.15, -0.1) is 0 Å². The molecule has 1 aliphatic carbocycles. The zero-order chi connectivity index (χ0) is 21.8. The van der Waals surface area contributed by atoms with Gasteiger partial charge in [-0.1, -0.05) is 63.1 Å². The maximum Gasteiger partial charge on any atom is 0.155 e. The van der Waals surface area contributed by atoms with Gasteiger partial charge in [-0.3, -0.25) is 4.99 Å². The van der Waals surface area contributed by atoms with Crippen LogP contribution in [0.25, 0.3) is 10.9 Å². The number of fused-ring (bicyclic) bond motifs is 1. The number of aliphatic imine (C=N–C) groups is 1. The van der Waals surface area contributed by atoms with Crippen molar-refractivity contribution in [1.29, 1.82) is 0 Å². The molecule has 0 radical (unpaired) electrons. The molecular formula is C25H36N4O. The summed E-state index contributed by atoms with van der Waals surface area (Å²) in [5, 5.41) is 4.38. The highest BCUT2D eigenvalue weighted by atomic mass is 16.5. The Morgan fingerprint density at radius 1 is 1.27 bits per heavy atom. The van der Waals surface area contributed by atoms with Crippen LogP contribution in [0, 0.1) is 5.92 Å². The number of nitrogens with zero attached hydrogens (tertiary/aromatic N) is 2. The molecule has 3 N–H and O–H groups in total. The van der Waals surface area contributed by atoms with E-state index in [1.165, 1.54) is 25.7 Å². The van der Waals surface area contributed by atoms with Gasteiger partial charge in [0.25, 0.3) is 0 Å². The van der Waals surface area contributed by atoms with Crippen LogP contribution in [-0.2, 0) is 4.74 Å². The van der Waals surface area contributed by atoms with Crippen molar-refractivity contribution in [3.63, 3.8) is 0 Å². The van der Waals surface area contributed by atoms with Gasteiger partial charge < -0.3 is 15.8 Å². The van der Waals surface area contributed by atoms with Crippen molar-refractivity contribution in [2.75, 3.05) is 31.3 Å². The monoisotopic (exact) mass is 408 g/mol. The summed E-state index contributed by atoms with van der Waals surface area (Å²) in [6, 6.07) is 7.94. The van der Waals surface area contributed by atoms with Crippen LogP contribution >= 0.6 is 0 Å². The lowest BCUT2D eigenvalue weighted by Gasteiger charge is -2.14. The van der Waals surface area contributed by atoms with Crippen LogP contribution in [-0.4, -0.2) is 31.5 Å². The number of para-hydroxylation sites is 1. The Kier molecular flexibility index (Phi) is 10.1. The van der Waals surface area contributed by atoms with Gasteiger partial charge in [0.2, 0.25) is 0 Å². The summed E-state index contributed by atoms with van der Waals surface area (Å²) in [5.41, 5.74) is 9.94. The number of anilines is 2. The summed E-state index contributed by atoms with van der Waals surface area (Å²) < 4.78 is 5.08. The lowest BCUT2D eigenvalue weighted by atomic mass is 10.1. The summed E-state index contributed by atoms with van der Waals surface area (Å²) in [5.74, 6) is 1.27. The lowest BCUT2D eigenvalue weighted by Crippen LogP contribution is -2.07. The fraction of sp³-hybridized carbons (Fsp3) is 0.440. The molecule has 0 atom stereocenters. The fourth-order valence-corrected chi connectivity index (χ4v) is 3.51. The fourth-order valence-electron chi connectivity index (χ4n) is 3.51. The molecule has 0 unspecified atom stereocenters. The van der Waals surface area contributed by atoms with E-state index in [1.807, 2.05) is 51.1 Å². The van der Waals surface area contributed by atoms with Crippen LogP contribution < -0.4 is 11.1 Å². The second kappa shape index (κ2) is 12.8. The first-order chi connectivity index (χ1) is 14.7. The van der Waals surface area contributed by atoms with E-state index in [2.05, 4.69) is 23.7 Å². The molecule has 1 aliphatic rings. The smallest absolute Gasteiger partial charge is 0.155 e. The number of aromatic nitrogens is 1.